The van der Waals surface area contributed by atoms with Crippen LogP contribution in [0.15, 0.2) is 65.4 Å². The molecule has 3 heterocycles. The van der Waals surface area contributed by atoms with E-state index in [4.69, 9.17) is 14.0 Å². The number of carbonyl (C=O) groups excluding carboxylic acids is 3. The van der Waals surface area contributed by atoms with E-state index in [1.54, 1.807) is 25.1 Å². The second-order valence-corrected chi connectivity index (χ2v) is 11.1. The predicted octanol–water partition coefficient (Wildman–Crippen LogP) is 4.19. The van der Waals surface area contributed by atoms with Crippen molar-refractivity contribution in [2.45, 2.75) is 39.7 Å². The van der Waals surface area contributed by atoms with Gasteiger partial charge in [0.05, 0.1) is 20.3 Å². The highest BCUT2D eigenvalue weighted by Gasteiger charge is 2.26. The second kappa shape index (κ2) is 15.2. The molecular weight excluding hydrogens is 588 g/mol. The van der Waals surface area contributed by atoms with Gasteiger partial charge >= 0.3 is 0 Å². The first-order valence-electron chi connectivity index (χ1n) is 15.5. The van der Waals surface area contributed by atoms with Crippen LogP contribution in [0.5, 0.6) is 11.5 Å². The van der Waals surface area contributed by atoms with Gasteiger partial charge in [-0.05, 0) is 44.4 Å². The molecule has 5 rings (SSSR count). The van der Waals surface area contributed by atoms with Gasteiger partial charge in [0.1, 0.15) is 22.8 Å². The number of nitrogens with one attached hydrogen (secondary N) is 1. The maximum atomic E-state index is 14.2. The minimum absolute atomic E-state index is 0.0723. The molecule has 242 valence electrons. The molecule has 0 radical (unpaired) electrons. The van der Waals surface area contributed by atoms with E-state index in [-0.39, 0.29) is 24.3 Å². The molecule has 0 unspecified atom stereocenters. The zero-order chi connectivity index (χ0) is 32.5. The van der Waals surface area contributed by atoms with Crippen LogP contribution in [-0.4, -0.2) is 88.7 Å². The van der Waals surface area contributed by atoms with Crippen molar-refractivity contribution in [1.29, 1.82) is 0 Å². The fraction of sp³-hybridized carbons (Fsp3) is 0.382. The number of aromatic nitrogens is 3. The van der Waals surface area contributed by atoms with Crippen molar-refractivity contribution < 1.29 is 28.4 Å². The lowest BCUT2D eigenvalue weighted by atomic mass is 10.0. The molecule has 0 fully saturated rings. The Hall–Kier alpha value is -5.13. The van der Waals surface area contributed by atoms with Crippen LogP contribution in [0.2, 0.25) is 0 Å². The van der Waals surface area contributed by atoms with Crippen molar-refractivity contribution in [2.24, 2.45) is 0 Å². The van der Waals surface area contributed by atoms with Crippen molar-refractivity contribution in [2.75, 3.05) is 46.4 Å². The van der Waals surface area contributed by atoms with Crippen LogP contribution in [0.1, 0.15) is 42.3 Å². The lowest BCUT2D eigenvalue weighted by Crippen LogP contribution is -2.41. The summed E-state index contributed by atoms with van der Waals surface area (Å²) < 4.78 is 19.2. The van der Waals surface area contributed by atoms with Crippen LogP contribution < -0.4 is 14.8 Å². The van der Waals surface area contributed by atoms with E-state index < -0.39 is 0 Å². The SMILES string of the molecule is COc1ccc2cc1OCCCN(C(=O)CNC(C)=O)CCCCN(C(=O)c1c(-c3ccccc3)noc1C)CCn1ccnc1-2. The summed E-state index contributed by atoms with van der Waals surface area (Å²) in [5.41, 5.74) is 2.59. The summed E-state index contributed by atoms with van der Waals surface area (Å²) in [7, 11) is 1.59. The summed E-state index contributed by atoms with van der Waals surface area (Å²) in [6, 6.07) is 15.2. The fourth-order valence-electron chi connectivity index (χ4n) is 5.51. The summed E-state index contributed by atoms with van der Waals surface area (Å²) >= 11 is 0. The van der Waals surface area contributed by atoms with Crippen LogP contribution in [-0.2, 0) is 16.1 Å². The highest BCUT2D eigenvalue weighted by Crippen LogP contribution is 2.32. The van der Waals surface area contributed by atoms with E-state index in [1.807, 2.05) is 64.2 Å². The van der Waals surface area contributed by atoms with Crippen LogP contribution in [0.25, 0.3) is 22.6 Å². The molecule has 0 aliphatic carbocycles. The van der Waals surface area contributed by atoms with Gasteiger partial charge in [0.2, 0.25) is 11.8 Å². The highest BCUT2D eigenvalue weighted by atomic mass is 16.5. The van der Waals surface area contributed by atoms with Crippen LogP contribution in [0.4, 0.5) is 0 Å². The van der Waals surface area contributed by atoms with Crippen molar-refractivity contribution in [3.63, 3.8) is 0 Å². The number of hydrogen-bond acceptors (Lipinski definition) is 8. The minimum atomic E-state index is -0.262. The minimum Gasteiger partial charge on any atom is -0.493 e. The zero-order valence-corrected chi connectivity index (χ0v) is 26.5. The first-order valence-corrected chi connectivity index (χ1v) is 15.5. The lowest BCUT2D eigenvalue weighted by Gasteiger charge is -2.25. The highest BCUT2D eigenvalue weighted by molar-refractivity contribution is 6.00. The zero-order valence-electron chi connectivity index (χ0n) is 26.5. The van der Waals surface area contributed by atoms with Crippen LogP contribution in [0.3, 0.4) is 0 Å². The molecule has 1 aliphatic rings. The fourth-order valence-corrected chi connectivity index (χ4v) is 5.51. The van der Waals surface area contributed by atoms with Crippen molar-refractivity contribution >= 4 is 17.7 Å². The Morgan fingerprint density at radius 1 is 0.935 bits per heavy atom. The van der Waals surface area contributed by atoms with E-state index >= 15 is 0 Å². The number of fused-ring (bicyclic) bond motifs is 4. The normalized spacial score (nSPS) is 14.5. The molecule has 46 heavy (non-hydrogen) atoms. The predicted molar refractivity (Wildman–Crippen MR) is 171 cm³/mol. The molecular formula is C34H40N6O6. The van der Waals surface area contributed by atoms with Crippen molar-refractivity contribution in [1.82, 2.24) is 29.8 Å². The quantitative estimate of drug-likeness (QED) is 0.348. The molecule has 2 bridgehead atoms. The number of amides is 3. The Morgan fingerprint density at radius 2 is 1.70 bits per heavy atom. The van der Waals surface area contributed by atoms with Gasteiger partial charge in [0, 0.05) is 63.2 Å². The second-order valence-electron chi connectivity index (χ2n) is 11.1. The average molecular weight is 629 g/mol. The summed E-state index contributed by atoms with van der Waals surface area (Å²) in [4.78, 5) is 46.9. The number of benzene rings is 2. The molecule has 2 aromatic carbocycles. The standard InChI is InChI=1S/C34H40N6O6/c1-24-31(32(37-46-24)26-10-5-4-6-11-26)34(43)40-16-8-7-15-38(30(42)23-36-25(2)41)17-9-21-45-29-22-27(12-13-28(29)44-3)33-35-14-18-39(33)19-20-40/h4-6,10-14,18,22H,7-9,15-17,19-21,23H2,1-3H3,(H,36,41). The maximum Gasteiger partial charge on any atom is 0.259 e. The lowest BCUT2D eigenvalue weighted by molar-refractivity contribution is -0.132. The summed E-state index contributed by atoms with van der Waals surface area (Å²) in [6.07, 6.45) is 5.54. The van der Waals surface area contributed by atoms with Gasteiger partial charge in [-0.3, -0.25) is 14.4 Å². The molecule has 1 N–H and O–H groups in total. The summed E-state index contributed by atoms with van der Waals surface area (Å²) in [5, 5.41) is 6.84. The summed E-state index contributed by atoms with van der Waals surface area (Å²) in [6.45, 7) is 5.73. The van der Waals surface area contributed by atoms with Gasteiger partial charge in [-0.2, -0.15) is 0 Å². The number of methoxy groups -OCH3 is 1. The topological polar surface area (TPSA) is 132 Å². The van der Waals surface area contributed by atoms with Gasteiger partial charge in [-0.25, -0.2) is 4.98 Å². The number of rotatable bonds is 5. The first-order chi connectivity index (χ1) is 22.4. The molecule has 0 spiro atoms. The van der Waals surface area contributed by atoms with E-state index in [1.165, 1.54) is 6.92 Å². The third-order valence-electron chi connectivity index (χ3n) is 7.94. The number of ether oxygens (including phenoxy) is 2. The molecule has 4 aromatic rings. The molecule has 1 aliphatic heterocycles. The van der Waals surface area contributed by atoms with Gasteiger partial charge in [-0.1, -0.05) is 35.5 Å². The molecule has 0 saturated carbocycles. The molecule has 0 saturated heterocycles. The van der Waals surface area contributed by atoms with Crippen molar-refractivity contribution in [3.05, 3.63) is 72.2 Å². The number of aryl methyl sites for hydroxylation is 1. The average Bonchev–Trinajstić information content (AvgIpc) is 3.70. The smallest absolute Gasteiger partial charge is 0.259 e. The Labute approximate surface area is 268 Å². The van der Waals surface area contributed by atoms with E-state index in [9.17, 15) is 14.4 Å². The monoisotopic (exact) mass is 628 g/mol. The Morgan fingerprint density at radius 3 is 2.46 bits per heavy atom. The Kier molecular flexibility index (Phi) is 10.7. The molecule has 12 nitrogen and oxygen atoms in total. The third-order valence-corrected chi connectivity index (χ3v) is 7.94. The largest absolute Gasteiger partial charge is 0.493 e. The Balaban J connectivity index is 1.44. The number of nitrogens with zero attached hydrogens (tertiary/aromatic N) is 5. The van der Waals surface area contributed by atoms with Gasteiger partial charge < -0.3 is 33.7 Å². The molecule has 2 aromatic heterocycles. The van der Waals surface area contributed by atoms with E-state index in [0.717, 1.165) is 17.0 Å². The molecule has 0 atom stereocenters. The Bertz CT molecular complexity index is 1650. The van der Waals surface area contributed by atoms with Crippen molar-refractivity contribution in [3.8, 4) is 34.1 Å². The number of hydrogen-bond donors (Lipinski definition) is 1. The van der Waals surface area contributed by atoms with Gasteiger partial charge in [0.15, 0.2) is 11.5 Å². The number of imidazole rings is 1. The van der Waals surface area contributed by atoms with Gasteiger partial charge in [0.25, 0.3) is 5.91 Å². The van der Waals surface area contributed by atoms with E-state index in [2.05, 4.69) is 15.5 Å². The first kappa shape index (κ1) is 32.3. The van der Waals surface area contributed by atoms with Gasteiger partial charge in [-0.15, -0.1) is 0 Å². The molecule has 3 amide bonds. The summed E-state index contributed by atoms with van der Waals surface area (Å²) in [5.74, 6) is 1.76. The number of carbonyl (C=O) groups is 3. The van der Waals surface area contributed by atoms with Crippen LogP contribution in [0, 0.1) is 6.92 Å². The maximum absolute atomic E-state index is 14.2. The third kappa shape index (κ3) is 7.74. The van der Waals surface area contributed by atoms with E-state index in [0.29, 0.717) is 87.1 Å². The van der Waals surface area contributed by atoms with Crippen LogP contribution >= 0.6 is 0 Å². The molecule has 12 heteroatoms.